The first kappa shape index (κ1) is 16.0. The summed E-state index contributed by atoms with van der Waals surface area (Å²) in [5.41, 5.74) is -0.746. The van der Waals surface area contributed by atoms with Gasteiger partial charge in [-0.15, -0.1) is 0 Å². The van der Waals surface area contributed by atoms with Crippen molar-refractivity contribution in [3.63, 3.8) is 0 Å². The van der Waals surface area contributed by atoms with Crippen molar-refractivity contribution in [3.8, 4) is 0 Å². The lowest BCUT2D eigenvalue weighted by atomic mass is 10.0. The van der Waals surface area contributed by atoms with Gasteiger partial charge in [-0.1, -0.05) is 25.1 Å². The van der Waals surface area contributed by atoms with E-state index >= 15 is 0 Å². The Hall–Kier alpha value is -2.34. The quantitative estimate of drug-likeness (QED) is 0.726. The van der Waals surface area contributed by atoms with E-state index in [0.717, 1.165) is 11.8 Å². The van der Waals surface area contributed by atoms with Gasteiger partial charge in [-0.25, -0.2) is 0 Å². The third-order valence-corrected chi connectivity index (χ3v) is 3.29. The van der Waals surface area contributed by atoms with Crippen molar-refractivity contribution in [3.05, 3.63) is 36.1 Å². The molecule has 0 saturated carbocycles. The van der Waals surface area contributed by atoms with Gasteiger partial charge in [0.25, 0.3) is 0 Å². The molecule has 0 saturated heterocycles. The summed E-state index contributed by atoms with van der Waals surface area (Å²) in [7, 11) is 0. The molecular weight excluding hydrogens is 284 g/mol. The Kier molecular flexibility index (Phi) is 4.82. The monoisotopic (exact) mass is 304 g/mol. The van der Waals surface area contributed by atoms with Crippen LogP contribution in [0.3, 0.4) is 0 Å². The van der Waals surface area contributed by atoms with E-state index in [1.165, 1.54) is 6.92 Å². The van der Waals surface area contributed by atoms with Crippen LogP contribution in [0.4, 0.5) is 0 Å². The number of para-hydroxylation sites is 1. The molecule has 0 bridgehead atoms. The summed E-state index contributed by atoms with van der Waals surface area (Å²) in [5.74, 6) is -1.14. The summed E-state index contributed by atoms with van der Waals surface area (Å²) in [6.07, 6.45) is 0.746. The number of hydrogen-bond donors (Lipinski definition) is 3. The topological polar surface area (TPSA) is 91.6 Å². The molecule has 1 aromatic heterocycles. The summed E-state index contributed by atoms with van der Waals surface area (Å²) in [5, 5.41) is 16.2. The predicted octanol–water partition coefficient (Wildman–Crippen LogP) is 1.28. The minimum absolute atomic E-state index is 0.120. The Morgan fingerprint density at radius 3 is 2.59 bits per heavy atom. The Labute approximate surface area is 128 Å². The van der Waals surface area contributed by atoms with Crippen LogP contribution in [0.2, 0.25) is 0 Å². The zero-order valence-electron chi connectivity index (χ0n) is 12.7. The molecule has 22 heavy (non-hydrogen) atoms. The molecule has 1 aromatic carbocycles. The van der Waals surface area contributed by atoms with E-state index in [1.807, 2.05) is 25.1 Å². The summed E-state index contributed by atoms with van der Waals surface area (Å²) in [4.78, 5) is 23.1. The van der Waals surface area contributed by atoms with E-state index in [2.05, 4.69) is 10.6 Å². The van der Waals surface area contributed by atoms with Crippen molar-refractivity contribution in [2.45, 2.75) is 25.9 Å². The van der Waals surface area contributed by atoms with E-state index in [4.69, 9.17) is 4.42 Å². The molecule has 2 aromatic rings. The number of fused-ring (bicyclic) bond motifs is 1. The maximum absolute atomic E-state index is 11.6. The van der Waals surface area contributed by atoms with Crippen LogP contribution in [-0.4, -0.2) is 30.0 Å². The lowest BCUT2D eigenvalue weighted by Crippen LogP contribution is -2.45. The molecule has 2 amide bonds. The predicted molar refractivity (Wildman–Crippen MR) is 82.1 cm³/mol. The number of hydrogen-bond acceptors (Lipinski definition) is 4. The highest BCUT2D eigenvalue weighted by Gasteiger charge is 2.29. The highest BCUT2D eigenvalue weighted by atomic mass is 16.4. The second-order valence-corrected chi connectivity index (χ2v) is 5.36. The van der Waals surface area contributed by atoms with Gasteiger partial charge in [0.2, 0.25) is 0 Å². The van der Waals surface area contributed by atoms with Gasteiger partial charge in [0.1, 0.15) is 16.9 Å². The van der Waals surface area contributed by atoms with Crippen LogP contribution in [-0.2, 0) is 15.2 Å². The fourth-order valence-electron chi connectivity index (χ4n) is 1.99. The maximum Gasteiger partial charge on any atom is 0.309 e. The molecule has 0 aliphatic rings. The fraction of sp³-hybridized carbons (Fsp3) is 0.375. The first-order valence-electron chi connectivity index (χ1n) is 7.21. The number of benzene rings is 1. The third kappa shape index (κ3) is 3.65. The molecule has 1 unspecified atom stereocenters. The van der Waals surface area contributed by atoms with Gasteiger partial charge in [-0.3, -0.25) is 9.59 Å². The van der Waals surface area contributed by atoms with Gasteiger partial charge in [-0.05, 0) is 25.5 Å². The summed E-state index contributed by atoms with van der Waals surface area (Å²) in [6, 6.07) is 9.10. The smallest absolute Gasteiger partial charge is 0.309 e. The molecule has 118 valence electrons. The van der Waals surface area contributed by atoms with Crippen LogP contribution >= 0.6 is 0 Å². The fourth-order valence-corrected chi connectivity index (χ4v) is 1.99. The van der Waals surface area contributed by atoms with Crippen LogP contribution in [0.1, 0.15) is 26.0 Å². The molecule has 0 fully saturated rings. The molecule has 0 aliphatic carbocycles. The van der Waals surface area contributed by atoms with E-state index < -0.39 is 17.4 Å². The number of aliphatic hydroxyl groups is 1. The van der Waals surface area contributed by atoms with Crippen molar-refractivity contribution in [2.24, 2.45) is 0 Å². The van der Waals surface area contributed by atoms with E-state index in [-0.39, 0.29) is 6.54 Å². The van der Waals surface area contributed by atoms with Gasteiger partial charge in [0.05, 0.1) is 6.54 Å². The van der Waals surface area contributed by atoms with Gasteiger partial charge >= 0.3 is 11.8 Å². The normalized spacial score (nSPS) is 13.6. The highest BCUT2D eigenvalue weighted by Crippen LogP contribution is 2.27. The van der Waals surface area contributed by atoms with E-state index in [1.54, 1.807) is 12.1 Å². The van der Waals surface area contributed by atoms with Crippen LogP contribution in [0, 0.1) is 0 Å². The average Bonchev–Trinajstić information content (AvgIpc) is 2.95. The Morgan fingerprint density at radius 1 is 1.23 bits per heavy atom. The molecular formula is C16H20N2O4. The zero-order chi connectivity index (χ0) is 16.2. The summed E-state index contributed by atoms with van der Waals surface area (Å²) >= 11 is 0. The second kappa shape index (κ2) is 6.62. The van der Waals surface area contributed by atoms with Crippen molar-refractivity contribution in [1.82, 2.24) is 10.6 Å². The number of amides is 2. The number of furan rings is 1. The first-order chi connectivity index (χ1) is 10.4. The molecule has 1 heterocycles. The number of carbonyl (C=O) groups is 2. The van der Waals surface area contributed by atoms with Crippen LogP contribution in [0.25, 0.3) is 11.0 Å². The van der Waals surface area contributed by atoms with Crippen LogP contribution < -0.4 is 10.6 Å². The summed E-state index contributed by atoms with van der Waals surface area (Å²) < 4.78 is 5.59. The number of rotatable bonds is 5. The largest absolute Gasteiger partial charge is 0.458 e. The van der Waals surface area contributed by atoms with E-state index in [9.17, 15) is 14.7 Å². The molecule has 0 spiro atoms. The van der Waals surface area contributed by atoms with Crippen LogP contribution in [0.5, 0.6) is 0 Å². The standard InChI is InChI=1S/C16H20N2O4/c1-3-8-17-14(19)15(20)18-10-16(2,21)13-9-11-6-4-5-7-12(11)22-13/h4-7,9,21H,3,8,10H2,1-2H3,(H,17,19)(H,18,20). The first-order valence-corrected chi connectivity index (χ1v) is 7.21. The minimum atomic E-state index is -1.40. The van der Waals surface area contributed by atoms with Gasteiger partial charge in [0.15, 0.2) is 0 Å². The third-order valence-electron chi connectivity index (χ3n) is 3.29. The second-order valence-electron chi connectivity index (χ2n) is 5.36. The molecule has 2 rings (SSSR count). The van der Waals surface area contributed by atoms with E-state index in [0.29, 0.717) is 17.9 Å². The van der Waals surface area contributed by atoms with Gasteiger partial charge in [-0.2, -0.15) is 0 Å². The van der Waals surface area contributed by atoms with Crippen molar-refractivity contribution >= 4 is 22.8 Å². The van der Waals surface area contributed by atoms with Crippen LogP contribution in [0.15, 0.2) is 34.7 Å². The molecule has 6 heteroatoms. The molecule has 6 nitrogen and oxygen atoms in total. The van der Waals surface area contributed by atoms with Crippen molar-refractivity contribution in [2.75, 3.05) is 13.1 Å². The lowest BCUT2D eigenvalue weighted by molar-refractivity contribution is -0.139. The molecule has 0 aliphatic heterocycles. The van der Waals surface area contributed by atoms with Gasteiger partial charge in [0, 0.05) is 11.9 Å². The number of nitrogens with one attached hydrogen (secondary N) is 2. The molecule has 1 atom stereocenters. The Balaban J connectivity index is 2.01. The minimum Gasteiger partial charge on any atom is -0.458 e. The molecule has 3 N–H and O–H groups in total. The van der Waals surface area contributed by atoms with Crippen molar-refractivity contribution in [1.29, 1.82) is 0 Å². The zero-order valence-corrected chi connectivity index (χ0v) is 12.7. The molecule has 0 radical (unpaired) electrons. The summed E-state index contributed by atoms with van der Waals surface area (Å²) in [6.45, 7) is 3.73. The Morgan fingerprint density at radius 2 is 1.91 bits per heavy atom. The number of carbonyl (C=O) groups excluding carboxylic acids is 2. The maximum atomic E-state index is 11.6. The lowest BCUT2D eigenvalue weighted by Gasteiger charge is -2.20. The van der Waals surface area contributed by atoms with Crippen molar-refractivity contribution < 1.29 is 19.1 Å². The SMILES string of the molecule is CCCNC(=O)C(=O)NCC(C)(O)c1cc2ccccc2o1. The Bertz CT molecular complexity index is 643. The van der Waals surface area contributed by atoms with Gasteiger partial charge < -0.3 is 20.2 Å². The average molecular weight is 304 g/mol. The highest BCUT2D eigenvalue weighted by molar-refractivity contribution is 6.35.